The van der Waals surface area contributed by atoms with Crippen LogP contribution in [0.5, 0.6) is 11.5 Å². The Balaban J connectivity index is 1.40. The van der Waals surface area contributed by atoms with Crippen molar-refractivity contribution in [1.82, 2.24) is 19.5 Å². The summed E-state index contributed by atoms with van der Waals surface area (Å²) in [5.41, 5.74) is 9.37. The van der Waals surface area contributed by atoms with Gasteiger partial charge in [0.1, 0.15) is 22.9 Å². The lowest BCUT2D eigenvalue weighted by Crippen LogP contribution is -2.39. The normalized spacial score (nSPS) is 14.7. The number of primary amides is 1. The van der Waals surface area contributed by atoms with Crippen molar-refractivity contribution in [2.45, 2.75) is 18.8 Å². The second kappa shape index (κ2) is 11.6. The SMILES string of the molecule is COc1cc(C2CCN(CC(N)=O)CC2)ccc1Nc1ncc2c(O)cc(-c3ccccc3NCS(C)(=O)=O)n2n1. The first kappa shape index (κ1) is 28.2. The highest BCUT2D eigenvalue weighted by Crippen LogP contribution is 2.36. The first-order valence-corrected chi connectivity index (χ1v) is 15.2. The Morgan fingerprint density at radius 3 is 2.61 bits per heavy atom. The molecule has 0 atom stereocenters. The summed E-state index contributed by atoms with van der Waals surface area (Å²) in [5.74, 6) is 0.711. The first-order valence-electron chi connectivity index (χ1n) is 13.2. The number of aromatic nitrogens is 3. The summed E-state index contributed by atoms with van der Waals surface area (Å²) < 4.78 is 30.7. The lowest BCUT2D eigenvalue weighted by molar-refractivity contribution is -0.119. The molecule has 5 rings (SSSR count). The molecule has 0 radical (unpaired) electrons. The number of sulfone groups is 1. The molecular weight excluding hydrogens is 546 g/mol. The standard InChI is InChI=1S/C28H33N7O5S/c1-40-26-13-19(18-9-11-34(12-10-18)16-27(29)37)7-8-22(26)32-28-30-15-24-25(36)14-23(35(24)33-28)20-5-3-4-6-21(20)31-17-41(2,38)39/h3-8,13-15,18,31,36H,9-12,16-17H2,1-2H3,(H2,29,37)(H,32,33). The Morgan fingerprint density at radius 2 is 1.90 bits per heavy atom. The number of methoxy groups -OCH3 is 1. The van der Waals surface area contributed by atoms with Crippen LogP contribution in [0.15, 0.2) is 54.7 Å². The Kier molecular flexibility index (Phi) is 7.99. The smallest absolute Gasteiger partial charge is 0.245 e. The maximum absolute atomic E-state index is 11.7. The van der Waals surface area contributed by atoms with Crippen LogP contribution in [0.3, 0.4) is 0 Å². The number of hydrogen-bond acceptors (Lipinski definition) is 10. The molecule has 216 valence electrons. The number of likely N-dealkylation sites (tertiary alicyclic amines) is 1. The zero-order valence-corrected chi connectivity index (χ0v) is 23.7. The molecule has 4 aromatic rings. The minimum absolute atomic E-state index is 0.00623. The third-order valence-corrected chi connectivity index (χ3v) is 7.80. The van der Waals surface area contributed by atoms with Gasteiger partial charge >= 0.3 is 0 Å². The number of nitrogens with one attached hydrogen (secondary N) is 2. The number of carbonyl (C=O) groups is 1. The molecule has 1 fully saturated rings. The minimum atomic E-state index is -3.26. The van der Waals surface area contributed by atoms with E-state index in [9.17, 15) is 18.3 Å². The third kappa shape index (κ3) is 6.52. The Labute approximate surface area is 238 Å². The molecular formula is C28H33N7O5S. The Morgan fingerprint density at radius 1 is 1.15 bits per heavy atom. The lowest BCUT2D eigenvalue weighted by atomic mass is 9.89. The van der Waals surface area contributed by atoms with Crippen LogP contribution in [0.25, 0.3) is 16.8 Å². The number of aromatic hydroxyl groups is 1. The number of carbonyl (C=O) groups excluding carboxylic acids is 1. The number of hydrogen-bond donors (Lipinski definition) is 4. The van der Waals surface area contributed by atoms with E-state index < -0.39 is 9.84 Å². The molecule has 2 aromatic carbocycles. The van der Waals surface area contributed by atoms with E-state index >= 15 is 0 Å². The highest BCUT2D eigenvalue weighted by Gasteiger charge is 2.23. The zero-order valence-electron chi connectivity index (χ0n) is 22.9. The van der Waals surface area contributed by atoms with Gasteiger partial charge < -0.3 is 26.2 Å². The second-order valence-corrected chi connectivity index (χ2v) is 12.3. The van der Waals surface area contributed by atoms with Gasteiger partial charge in [0.25, 0.3) is 0 Å². The van der Waals surface area contributed by atoms with Gasteiger partial charge in [-0.05, 0) is 55.6 Å². The fraction of sp³-hybridized carbons (Fsp3) is 0.321. The molecule has 3 heterocycles. The number of anilines is 3. The van der Waals surface area contributed by atoms with E-state index in [0.717, 1.165) is 37.8 Å². The van der Waals surface area contributed by atoms with Gasteiger partial charge in [-0.3, -0.25) is 9.69 Å². The molecule has 41 heavy (non-hydrogen) atoms. The van der Waals surface area contributed by atoms with Crippen molar-refractivity contribution in [1.29, 1.82) is 0 Å². The number of ether oxygens (including phenoxy) is 1. The molecule has 2 aromatic heterocycles. The average molecular weight is 580 g/mol. The van der Waals surface area contributed by atoms with E-state index in [1.807, 2.05) is 24.3 Å². The lowest BCUT2D eigenvalue weighted by Gasteiger charge is -2.31. The van der Waals surface area contributed by atoms with Crippen LogP contribution in [-0.2, 0) is 14.6 Å². The van der Waals surface area contributed by atoms with Gasteiger partial charge in [-0.15, -0.1) is 5.10 Å². The summed E-state index contributed by atoms with van der Waals surface area (Å²) in [6, 6.07) is 14.8. The van der Waals surface area contributed by atoms with Gasteiger partial charge in [-0.25, -0.2) is 17.9 Å². The summed E-state index contributed by atoms with van der Waals surface area (Å²) in [7, 11) is -1.65. The van der Waals surface area contributed by atoms with Crippen molar-refractivity contribution < 1.29 is 23.1 Å². The molecule has 0 spiro atoms. The average Bonchev–Trinajstić information content (AvgIpc) is 3.27. The number of piperidine rings is 1. The van der Waals surface area contributed by atoms with Crippen LogP contribution in [0, 0.1) is 0 Å². The molecule has 0 saturated carbocycles. The number of amides is 1. The van der Waals surface area contributed by atoms with E-state index in [4.69, 9.17) is 10.5 Å². The number of fused-ring (bicyclic) bond motifs is 1. The van der Waals surface area contributed by atoms with Gasteiger partial charge in [0, 0.05) is 23.6 Å². The predicted octanol–water partition coefficient (Wildman–Crippen LogP) is 2.93. The van der Waals surface area contributed by atoms with Crippen LogP contribution in [0.2, 0.25) is 0 Å². The first-order chi connectivity index (χ1) is 19.6. The number of nitrogens with zero attached hydrogens (tertiary/aromatic N) is 4. The van der Waals surface area contributed by atoms with E-state index in [1.165, 1.54) is 6.20 Å². The highest BCUT2D eigenvalue weighted by atomic mass is 32.2. The van der Waals surface area contributed by atoms with Gasteiger partial charge in [0.05, 0.1) is 31.2 Å². The van der Waals surface area contributed by atoms with Crippen LogP contribution < -0.4 is 21.1 Å². The number of nitrogens with two attached hydrogens (primary N) is 1. The molecule has 1 amide bonds. The predicted molar refractivity (Wildman–Crippen MR) is 157 cm³/mol. The van der Waals surface area contributed by atoms with E-state index in [0.29, 0.717) is 39.8 Å². The van der Waals surface area contributed by atoms with Crippen molar-refractivity contribution in [3.05, 3.63) is 60.3 Å². The summed E-state index contributed by atoms with van der Waals surface area (Å²) in [4.78, 5) is 17.7. The van der Waals surface area contributed by atoms with E-state index in [2.05, 4.69) is 31.7 Å². The molecule has 0 unspecified atom stereocenters. The summed E-state index contributed by atoms with van der Waals surface area (Å²) in [5, 5.41) is 21.4. The monoisotopic (exact) mass is 579 g/mol. The van der Waals surface area contributed by atoms with Crippen LogP contribution in [0.1, 0.15) is 24.3 Å². The summed E-state index contributed by atoms with van der Waals surface area (Å²) in [6.45, 7) is 1.90. The Hall–Kier alpha value is -4.36. The number of benzene rings is 2. The van der Waals surface area contributed by atoms with E-state index in [-0.39, 0.29) is 30.0 Å². The van der Waals surface area contributed by atoms with Gasteiger partial charge in [0.15, 0.2) is 9.84 Å². The topological polar surface area (TPSA) is 164 Å². The van der Waals surface area contributed by atoms with Crippen molar-refractivity contribution in [2.24, 2.45) is 5.73 Å². The zero-order chi connectivity index (χ0) is 29.1. The Bertz CT molecular complexity index is 1680. The molecule has 0 aliphatic carbocycles. The van der Waals surface area contributed by atoms with Crippen LogP contribution in [-0.4, -0.2) is 77.8 Å². The maximum Gasteiger partial charge on any atom is 0.245 e. The van der Waals surface area contributed by atoms with Crippen molar-refractivity contribution in [3.8, 4) is 22.8 Å². The molecule has 0 bridgehead atoms. The fourth-order valence-corrected chi connectivity index (χ4v) is 5.54. The number of rotatable bonds is 10. The summed E-state index contributed by atoms with van der Waals surface area (Å²) in [6.07, 6.45) is 4.51. The van der Waals surface area contributed by atoms with Gasteiger partial charge in [-0.1, -0.05) is 24.3 Å². The fourth-order valence-electron chi connectivity index (χ4n) is 5.12. The molecule has 1 saturated heterocycles. The quantitative estimate of drug-likeness (QED) is 0.220. The number of para-hydroxylation sites is 1. The van der Waals surface area contributed by atoms with Crippen LogP contribution >= 0.6 is 0 Å². The summed E-state index contributed by atoms with van der Waals surface area (Å²) >= 11 is 0. The minimum Gasteiger partial charge on any atom is -0.506 e. The van der Waals surface area contributed by atoms with Gasteiger partial charge in [-0.2, -0.15) is 0 Å². The molecule has 5 N–H and O–H groups in total. The maximum atomic E-state index is 11.7. The molecule has 1 aliphatic heterocycles. The van der Waals surface area contributed by atoms with Gasteiger partial charge in [0.2, 0.25) is 11.9 Å². The molecule has 12 nitrogen and oxygen atoms in total. The van der Waals surface area contributed by atoms with Crippen LogP contribution in [0.4, 0.5) is 17.3 Å². The second-order valence-electron chi connectivity index (χ2n) is 10.2. The van der Waals surface area contributed by atoms with Crippen molar-refractivity contribution in [2.75, 3.05) is 49.5 Å². The largest absolute Gasteiger partial charge is 0.506 e. The van der Waals surface area contributed by atoms with Crippen molar-refractivity contribution >= 4 is 38.6 Å². The molecule has 1 aliphatic rings. The third-order valence-electron chi connectivity index (χ3n) is 7.13. The highest BCUT2D eigenvalue weighted by molar-refractivity contribution is 7.90. The van der Waals surface area contributed by atoms with E-state index in [1.54, 1.807) is 29.8 Å². The molecule has 13 heteroatoms. The van der Waals surface area contributed by atoms with Crippen molar-refractivity contribution in [3.63, 3.8) is 0 Å².